The van der Waals surface area contributed by atoms with Crippen LogP contribution in [-0.4, -0.2) is 59.6 Å². The molecule has 0 aromatic carbocycles. The fraction of sp³-hybridized carbons (Fsp3) is 0.632. The number of allylic oxidation sites excluding steroid dienone is 1. The Labute approximate surface area is 157 Å². The molecule has 0 aliphatic heterocycles. The van der Waals surface area contributed by atoms with Gasteiger partial charge in [-0.2, -0.15) is 0 Å². The maximum absolute atomic E-state index is 11.7. The number of hydrogen-bond donors (Lipinski definition) is 1. The highest BCUT2D eigenvalue weighted by molar-refractivity contribution is 5.94. The Kier molecular flexibility index (Phi) is 14.3. The van der Waals surface area contributed by atoms with E-state index < -0.39 is 11.2 Å². The topological polar surface area (TPSA) is 88.4 Å². The van der Waals surface area contributed by atoms with Gasteiger partial charge in [-0.3, -0.25) is 14.5 Å². The van der Waals surface area contributed by atoms with Crippen molar-refractivity contribution in [3.05, 3.63) is 25.3 Å². The molecule has 0 spiro atoms. The minimum Gasteiger partial charge on any atom is -0.411 e. The molecule has 1 N–H and O–H groups in total. The highest BCUT2D eigenvalue weighted by atomic mass is 16.5. The minimum absolute atomic E-state index is 0.230. The first-order valence-corrected chi connectivity index (χ1v) is 8.50. The standard InChI is InChI=1S/C17H30N2O5.C2H4/c1-6-7-15(21)19(14-20)11-8-16(2,3)23-12-9-17(4,5)24-13-10-18-22;1-2/h6-7,10,14,22H,8-9,11-13H2,1-5H3;1-2H2/b7-6-,18-10+;. The number of hydrogen-bond acceptors (Lipinski definition) is 6. The number of imide groups is 1. The third-order valence-corrected chi connectivity index (χ3v) is 3.50. The average Bonchev–Trinajstić information content (AvgIpc) is 2.57. The first kappa shape index (κ1) is 26.2. The van der Waals surface area contributed by atoms with E-state index in [1.165, 1.54) is 12.3 Å². The molecular formula is C19H34N2O5. The minimum atomic E-state index is -0.472. The van der Waals surface area contributed by atoms with Crippen molar-refractivity contribution in [2.45, 2.75) is 58.7 Å². The van der Waals surface area contributed by atoms with Crippen molar-refractivity contribution in [1.82, 2.24) is 4.90 Å². The maximum Gasteiger partial charge on any atom is 0.252 e. The predicted octanol–water partition coefficient (Wildman–Crippen LogP) is 3.18. The normalized spacial score (nSPS) is 12.0. The number of oxime groups is 1. The van der Waals surface area contributed by atoms with Crippen LogP contribution in [0.25, 0.3) is 0 Å². The van der Waals surface area contributed by atoms with Gasteiger partial charge in [-0.1, -0.05) is 11.2 Å². The Morgan fingerprint density at radius 3 is 2.23 bits per heavy atom. The van der Waals surface area contributed by atoms with Gasteiger partial charge in [0.25, 0.3) is 5.91 Å². The maximum atomic E-state index is 11.7. The molecule has 0 bridgehead atoms. The Morgan fingerprint density at radius 2 is 1.73 bits per heavy atom. The molecule has 7 heteroatoms. The third-order valence-electron chi connectivity index (χ3n) is 3.50. The van der Waals surface area contributed by atoms with Gasteiger partial charge in [0.1, 0.15) is 0 Å². The largest absolute Gasteiger partial charge is 0.411 e. The van der Waals surface area contributed by atoms with Gasteiger partial charge >= 0.3 is 0 Å². The van der Waals surface area contributed by atoms with Crippen molar-refractivity contribution in [3.63, 3.8) is 0 Å². The van der Waals surface area contributed by atoms with Crippen molar-refractivity contribution < 1.29 is 24.3 Å². The summed E-state index contributed by atoms with van der Waals surface area (Å²) in [5.41, 5.74) is -0.881. The summed E-state index contributed by atoms with van der Waals surface area (Å²) in [6.07, 6.45) is 5.97. The van der Waals surface area contributed by atoms with Crippen molar-refractivity contribution in [2.75, 3.05) is 19.8 Å². The number of rotatable bonds is 12. The van der Waals surface area contributed by atoms with Crippen molar-refractivity contribution in [1.29, 1.82) is 0 Å². The fourth-order valence-electron chi connectivity index (χ4n) is 1.86. The number of carbonyl (C=O) groups is 2. The van der Waals surface area contributed by atoms with Crippen LogP contribution in [-0.2, 0) is 19.1 Å². The molecule has 0 aromatic heterocycles. The van der Waals surface area contributed by atoms with E-state index in [-0.39, 0.29) is 12.5 Å². The second-order valence-electron chi connectivity index (χ2n) is 6.61. The van der Waals surface area contributed by atoms with E-state index in [1.807, 2.05) is 27.7 Å². The number of nitrogens with zero attached hydrogens (tertiary/aromatic N) is 2. The Balaban J connectivity index is 0. The zero-order chi connectivity index (χ0) is 20.6. The predicted molar refractivity (Wildman–Crippen MR) is 103 cm³/mol. The molecular weight excluding hydrogens is 336 g/mol. The monoisotopic (exact) mass is 370 g/mol. The first-order valence-electron chi connectivity index (χ1n) is 8.50. The molecule has 2 amide bonds. The van der Waals surface area contributed by atoms with Crippen LogP contribution in [0.4, 0.5) is 0 Å². The zero-order valence-corrected chi connectivity index (χ0v) is 16.7. The van der Waals surface area contributed by atoms with Gasteiger partial charge in [0.15, 0.2) is 0 Å². The third kappa shape index (κ3) is 13.3. The van der Waals surface area contributed by atoms with Gasteiger partial charge in [0.05, 0.1) is 30.6 Å². The van der Waals surface area contributed by atoms with Crippen LogP contribution in [0.5, 0.6) is 0 Å². The summed E-state index contributed by atoms with van der Waals surface area (Å²) in [5, 5.41) is 11.2. The van der Waals surface area contributed by atoms with Gasteiger partial charge in [0, 0.05) is 6.54 Å². The van der Waals surface area contributed by atoms with E-state index in [0.717, 1.165) is 4.90 Å². The smallest absolute Gasteiger partial charge is 0.252 e. The van der Waals surface area contributed by atoms with Gasteiger partial charge in [-0.25, -0.2) is 0 Å². The van der Waals surface area contributed by atoms with E-state index in [1.54, 1.807) is 13.0 Å². The average molecular weight is 370 g/mol. The molecule has 0 aliphatic rings. The summed E-state index contributed by atoms with van der Waals surface area (Å²) in [6.45, 7) is 16.4. The molecule has 0 unspecified atom stereocenters. The van der Waals surface area contributed by atoms with E-state index in [0.29, 0.717) is 32.4 Å². The summed E-state index contributed by atoms with van der Waals surface area (Å²) in [7, 11) is 0. The van der Waals surface area contributed by atoms with E-state index >= 15 is 0 Å². The molecule has 0 saturated heterocycles. The van der Waals surface area contributed by atoms with Crippen LogP contribution in [0, 0.1) is 0 Å². The summed E-state index contributed by atoms with van der Waals surface area (Å²) in [6, 6.07) is 0. The van der Waals surface area contributed by atoms with Crippen LogP contribution in [0.1, 0.15) is 47.5 Å². The lowest BCUT2D eigenvalue weighted by Crippen LogP contribution is -2.36. The van der Waals surface area contributed by atoms with Gasteiger partial charge in [-0.15, -0.1) is 13.2 Å². The highest BCUT2D eigenvalue weighted by Gasteiger charge is 2.24. The number of carbonyl (C=O) groups excluding carboxylic acids is 2. The van der Waals surface area contributed by atoms with Crippen LogP contribution >= 0.6 is 0 Å². The number of amides is 2. The van der Waals surface area contributed by atoms with Crippen LogP contribution in [0.15, 0.2) is 30.5 Å². The molecule has 0 aliphatic carbocycles. The summed E-state index contributed by atoms with van der Waals surface area (Å²) < 4.78 is 11.4. The van der Waals surface area contributed by atoms with Crippen LogP contribution in [0.3, 0.4) is 0 Å². The van der Waals surface area contributed by atoms with E-state index in [9.17, 15) is 9.59 Å². The molecule has 150 valence electrons. The van der Waals surface area contributed by atoms with E-state index in [2.05, 4.69) is 18.3 Å². The van der Waals surface area contributed by atoms with Crippen molar-refractivity contribution in [3.8, 4) is 0 Å². The second kappa shape index (κ2) is 14.2. The first-order chi connectivity index (χ1) is 12.2. The second-order valence-corrected chi connectivity index (χ2v) is 6.61. The fourth-order valence-corrected chi connectivity index (χ4v) is 1.86. The van der Waals surface area contributed by atoms with Crippen LogP contribution in [0.2, 0.25) is 0 Å². The SMILES string of the molecule is C/C=C\C(=O)N(C=O)CCC(C)(C)OCCC(C)(C)OC/C=N/O.C=C. The molecule has 0 fully saturated rings. The quantitative estimate of drug-likeness (QED) is 0.142. The molecule has 7 nitrogen and oxygen atoms in total. The Morgan fingerprint density at radius 1 is 1.15 bits per heavy atom. The summed E-state index contributed by atoms with van der Waals surface area (Å²) in [4.78, 5) is 23.8. The lowest BCUT2D eigenvalue weighted by Gasteiger charge is -2.30. The molecule has 0 radical (unpaired) electrons. The van der Waals surface area contributed by atoms with Gasteiger partial charge in [-0.05, 0) is 53.5 Å². The Bertz CT molecular complexity index is 459. The molecule has 26 heavy (non-hydrogen) atoms. The summed E-state index contributed by atoms with van der Waals surface area (Å²) >= 11 is 0. The molecule has 0 heterocycles. The molecule has 0 aromatic rings. The molecule has 0 saturated carbocycles. The van der Waals surface area contributed by atoms with E-state index in [4.69, 9.17) is 14.7 Å². The summed E-state index contributed by atoms with van der Waals surface area (Å²) in [5.74, 6) is -0.330. The highest BCUT2D eigenvalue weighted by Crippen LogP contribution is 2.19. The zero-order valence-electron chi connectivity index (χ0n) is 16.7. The molecule has 0 rings (SSSR count). The van der Waals surface area contributed by atoms with Crippen molar-refractivity contribution in [2.24, 2.45) is 5.16 Å². The number of ether oxygens (including phenoxy) is 2. The Hall–Kier alpha value is -1.99. The lowest BCUT2D eigenvalue weighted by atomic mass is 10.0. The molecule has 0 atom stereocenters. The van der Waals surface area contributed by atoms with Gasteiger partial charge in [0.2, 0.25) is 6.41 Å². The lowest BCUT2D eigenvalue weighted by molar-refractivity contribution is -0.135. The van der Waals surface area contributed by atoms with Crippen molar-refractivity contribution >= 4 is 18.5 Å². The van der Waals surface area contributed by atoms with Crippen LogP contribution < -0.4 is 0 Å². The van der Waals surface area contributed by atoms with Gasteiger partial charge < -0.3 is 14.7 Å².